The van der Waals surface area contributed by atoms with Gasteiger partial charge in [-0.15, -0.1) is 21.5 Å². The summed E-state index contributed by atoms with van der Waals surface area (Å²) in [5.74, 6) is -1.50. The number of hydrogen-bond acceptors (Lipinski definition) is 12. The third kappa shape index (κ3) is 7.76. The average Bonchev–Trinajstić information content (AvgIpc) is 4.00. The number of rotatable bonds is 12. The number of aromatic amines is 1. The fourth-order valence-corrected chi connectivity index (χ4v) is 8.51. The first kappa shape index (κ1) is 38.7. The molecule has 0 aliphatic carbocycles. The number of aromatic hydroxyl groups is 1. The summed E-state index contributed by atoms with van der Waals surface area (Å²) in [6.07, 6.45) is -0.754. The minimum absolute atomic E-state index is 0.00539. The number of nitrogens with zero attached hydrogens (tertiary/aromatic N) is 6. The van der Waals surface area contributed by atoms with E-state index in [4.69, 9.17) is 9.26 Å². The first-order chi connectivity index (χ1) is 27.9. The van der Waals surface area contributed by atoms with Crippen molar-refractivity contribution in [2.24, 2.45) is 5.92 Å². The molecular formula is C42H44N8O7S. The zero-order valence-corrected chi connectivity index (χ0v) is 33.3. The molecule has 4 N–H and O–H groups in total. The number of nitrogens with one attached hydrogen (secondary N) is 2. The second kappa shape index (κ2) is 16.0. The molecule has 6 aromatic rings. The Morgan fingerprint density at radius 2 is 1.81 bits per heavy atom. The van der Waals surface area contributed by atoms with Crippen LogP contribution in [-0.2, 0) is 14.4 Å². The van der Waals surface area contributed by atoms with Crippen LogP contribution in [0.4, 0.5) is 0 Å². The number of carbonyl (C=O) groups excluding carboxylic acids is 3. The summed E-state index contributed by atoms with van der Waals surface area (Å²) < 4.78 is 11.3. The van der Waals surface area contributed by atoms with Crippen LogP contribution in [0.25, 0.3) is 32.7 Å². The lowest BCUT2D eigenvalue weighted by atomic mass is 9.91. The molecule has 8 rings (SSSR count). The van der Waals surface area contributed by atoms with E-state index in [1.54, 1.807) is 34.4 Å². The third-order valence-electron chi connectivity index (χ3n) is 11.0. The highest BCUT2D eigenvalue weighted by molar-refractivity contribution is 7.13. The van der Waals surface area contributed by atoms with Crippen LogP contribution in [0.3, 0.4) is 0 Å². The summed E-state index contributed by atoms with van der Waals surface area (Å²) in [6, 6.07) is 19.1. The maximum atomic E-state index is 14.1. The van der Waals surface area contributed by atoms with Crippen molar-refractivity contribution in [3.63, 3.8) is 0 Å². The second-order valence-electron chi connectivity index (χ2n) is 15.4. The number of phenolic OH excluding ortho intramolecular Hbond substituents is 1. The predicted molar refractivity (Wildman–Crippen MR) is 215 cm³/mol. The van der Waals surface area contributed by atoms with Crippen molar-refractivity contribution in [3.05, 3.63) is 95.0 Å². The van der Waals surface area contributed by atoms with E-state index in [0.29, 0.717) is 30.0 Å². The number of aliphatic hydroxyl groups is 1. The number of likely N-dealkylation sites (tertiary alicyclic amines) is 2. The Hall–Kier alpha value is -6.13. The van der Waals surface area contributed by atoms with Gasteiger partial charge in [0.15, 0.2) is 18.0 Å². The zero-order valence-electron chi connectivity index (χ0n) is 32.5. The van der Waals surface area contributed by atoms with Crippen LogP contribution >= 0.6 is 11.3 Å². The summed E-state index contributed by atoms with van der Waals surface area (Å²) in [6.45, 7) is 8.28. The molecule has 0 spiro atoms. The van der Waals surface area contributed by atoms with Crippen molar-refractivity contribution in [3.8, 4) is 33.3 Å². The fourth-order valence-electron chi connectivity index (χ4n) is 7.70. The Bertz CT molecular complexity index is 2450. The molecular weight excluding hydrogens is 761 g/mol. The number of aryl methyl sites for hydroxylation is 1. The number of ether oxygens (including phenoxy) is 1. The van der Waals surface area contributed by atoms with Gasteiger partial charge in [0.1, 0.15) is 17.7 Å². The van der Waals surface area contributed by atoms with Crippen molar-refractivity contribution in [1.82, 2.24) is 40.4 Å². The number of benzene rings is 2. The molecule has 2 aliphatic heterocycles. The molecule has 15 nitrogen and oxygen atoms in total. The van der Waals surface area contributed by atoms with E-state index in [1.165, 1.54) is 11.0 Å². The largest absolute Gasteiger partial charge is 0.507 e. The third-order valence-corrected chi connectivity index (χ3v) is 12.0. The highest BCUT2D eigenvalue weighted by Gasteiger charge is 2.43. The van der Waals surface area contributed by atoms with Gasteiger partial charge in [-0.1, -0.05) is 50.2 Å². The summed E-state index contributed by atoms with van der Waals surface area (Å²) in [4.78, 5) is 52.6. The summed E-state index contributed by atoms with van der Waals surface area (Å²) >= 11 is 1.58. The summed E-state index contributed by atoms with van der Waals surface area (Å²) in [7, 11) is 0. The molecule has 4 atom stereocenters. The number of aromatic nitrogens is 5. The topological polar surface area (TPSA) is 200 Å². The molecule has 2 saturated heterocycles. The van der Waals surface area contributed by atoms with Crippen LogP contribution in [0.2, 0.25) is 0 Å². The zero-order chi connectivity index (χ0) is 40.7. The Morgan fingerprint density at radius 3 is 2.53 bits per heavy atom. The number of β-amino-alcohol motifs (C(OH)–C–C–N with tert-alkyl or cyclic N) is 1. The molecule has 3 amide bonds. The van der Waals surface area contributed by atoms with Gasteiger partial charge in [-0.25, -0.2) is 4.98 Å². The smallest absolute Gasteiger partial charge is 0.260 e. The number of H-pyrrole nitrogens is 1. The van der Waals surface area contributed by atoms with Crippen LogP contribution in [0.15, 0.2) is 76.8 Å². The van der Waals surface area contributed by atoms with Gasteiger partial charge in [0.05, 0.1) is 33.9 Å². The van der Waals surface area contributed by atoms with E-state index < -0.39 is 18.1 Å². The number of amides is 3. The lowest BCUT2D eigenvalue weighted by molar-refractivity contribution is -0.141. The monoisotopic (exact) mass is 804 g/mol. The van der Waals surface area contributed by atoms with E-state index in [1.807, 2.05) is 75.7 Å². The van der Waals surface area contributed by atoms with E-state index in [9.17, 15) is 24.6 Å². The number of thiazole rings is 1. The Labute approximate surface area is 338 Å². The molecule has 6 heterocycles. The number of para-hydroxylation sites is 1. The SMILES string of the molecule is Cc1ncsc1-c1ccc([C@H](C)NC(=O)[C@@H]2C[C@@H](O)CN2C(=O)[C@@H](c2cc(OCC(=O)N3CC(c4cc5cc(-c6ccccc6O)nnc5[nH]4)C3)no2)C(C)C)cc1. The average molecular weight is 805 g/mol. The highest BCUT2D eigenvalue weighted by Crippen LogP contribution is 2.35. The van der Waals surface area contributed by atoms with Crippen molar-refractivity contribution in [2.45, 2.75) is 64.1 Å². The van der Waals surface area contributed by atoms with E-state index in [0.717, 1.165) is 32.8 Å². The van der Waals surface area contributed by atoms with Crippen LogP contribution < -0.4 is 10.1 Å². The molecule has 0 saturated carbocycles. The van der Waals surface area contributed by atoms with Gasteiger partial charge >= 0.3 is 0 Å². The second-order valence-corrected chi connectivity index (χ2v) is 16.2. The molecule has 0 bridgehead atoms. The number of hydrogen-bond donors (Lipinski definition) is 4. The number of aliphatic hydroxyl groups excluding tert-OH is 1. The normalized spacial score (nSPS) is 18.0. The van der Waals surface area contributed by atoms with Crippen LogP contribution in [0, 0.1) is 12.8 Å². The first-order valence-electron chi connectivity index (χ1n) is 19.2. The molecule has 0 radical (unpaired) electrons. The first-order valence-corrected chi connectivity index (χ1v) is 20.1. The van der Waals surface area contributed by atoms with E-state index in [-0.39, 0.29) is 72.6 Å². The summed E-state index contributed by atoms with van der Waals surface area (Å²) in [5, 5.41) is 37.3. The van der Waals surface area contributed by atoms with Gasteiger partial charge in [0, 0.05) is 54.7 Å². The van der Waals surface area contributed by atoms with Gasteiger partial charge in [0.25, 0.3) is 11.8 Å². The lowest BCUT2D eigenvalue weighted by Crippen LogP contribution is -2.50. The van der Waals surface area contributed by atoms with Crippen molar-refractivity contribution >= 4 is 40.1 Å². The van der Waals surface area contributed by atoms with Crippen LogP contribution in [-0.4, -0.2) is 101 Å². The standard InChI is InChI=1S/C42H44N8O7S/c1-22(2)38(42(55)50-19-29(51)15-33(50)41(54)44-23(3)25-9-11-26(12-10-25)39-24(4)43-21-58-39)35-16-36(48-57-35)56-20-37(53)49-17-28(18-49)31-13-27-14-32(46-47-40(27)45-31)30-7-5-6-8-34(30)52/h5-14,16,21-23,28-29,33,38,51-52H,15,17-20H2,1-4H3,(H,44,54)(H,45,47)/t23-,29+,33-,38+/m0/s1. The minimum atomic E-state index is -0.875. The molecule has 16 heteroatoms. The maximum Gasteiger partial charge on any atom is 0.260 e. The molecule has 2 aromatic carbocycles. The Morgan fingerprint density at radius 1 is 1.03 bits per heavy atom. The van der Waals surface area contributed by atoms with Gasteiger partial charge in [0.2, 0.25) is 11.8 Å². The molecule has 58 heavy (non-hydrogen) atoms. The van der Waals surface area contributed by atoms with Crippen molar-refractivity contribution in [2.75, 3.05) is 26.2 Å². The van der Waals surface area contributed by atoms with E-state index in [2.05, 4.69) is 30.6 Å². The minimum Gasteiger partial charge on any atom is -0.507 e. The van der Waals surface area contributed by atoms with Crippen molar-refractivity contribution in [1.29, 1.82) is 0 Å². The summed E-state index contributed by atoms with van der Waals surface area (Å²) in [5.41, 5.74) is 7.45. The number of fused-ring (bicyclic) bond motifs is 1. The highest BCUT2D eigenvalue weighted by atomic mass is 32.1. The van der Waals surface area contributed by atoms with Gasteiger partial charge in [-0.2, -0.15) is 0 Å². The van der Waals surface area contributed by atoms with Crippen molar-refractivity contribution < 1.29 is 33.9 Å². The van der Waals surface area contributed by atoms with Crippen LogP contribution in [0.5, 0.6) is 11.6 Å². The molecule has 300 valence electrons. The Kier molecular flexibility index (Phi) is 10.7. The molecule has 2 fully saturated rings. The van der Waals surface area contributed by atoms with E-state index >= 15 is 0 Å². The van der Waals surface area contributed by atoms with Gasteiger partial charge in [-0.3, -0.25) is 14.4 Å². The lowest BCUT2D eigenvalue weighted by Gasteiger charge is -2.38. The van der Waals surface area contributed by atoms with Crippen LogP contribution in [0.1, 0.15) is 67.8 Å². The number of carbonyl (C=O) groups is 3. The molecule has 4 aromatic heterocycles. The Balaban J connectivity index is 0.854. The maximum absolute atomic E-state index is 14.1. The number of phenols is 1. The fraction of sp³-hybridized carbons (Fsp3) is 0.357. The van der Waals surface area contributed by atoms with Gasteiger partial charge < -0.3 is 39.6 Å². The molecule has 2 aliphatic rings. The molecule has 0 unspecified atom stereocenters. The quantitative estimate of drug-likeness (QED) is 0.125. The van der Waals surface area contributed by atoms with Gasteiger partial charge in [-0.05, 0) is 60.3 Å². The predicted octanol–water partition coefficient (Wildman–Crippen LogP) is 5.33.